The smallest absolute Gasteiger partial charge is 0.0112 e. The predicted octanol–water partition coefficient (Wildman–Crippen LogP) is 3.38. The van der Waals surface area contributed by atoms with Gasteiger partial charge in [0.25, 0.3) is 0 Å². The molecular weight excluding hydrogens is 244 g/mol. The van der Waals surface area contributed by atoms with E-state index in [1.165, 1.54) is 51.7 Å². The molecule has 6 unspecified atom stereocenters. The van der Waals surface area contributed by atoms with Gasteiger partial charge in [-0.25, -0.2) is 0 Å². The first-order valence-electron chi connectivity index (χ1n) is 9.13. The minimum Gasteiger partial charge on any atom is -0.314 e. The van der Waals surface area contributed by atoms with Crippen molar-refractivity contribution >= 4 is 0 Å². The predicted molar refractivity (Wildman–Crippen MR) is 85.8 cm³/mol. The van der Waals surface area contributed by atoms with E-state index in [1.807, 2.05) is 0 Å². The Morgan fingerprint density at radius 3 is 2.40 bits per heavy atom. The van der Waals surface area contributed by atoms with Crippen LogP contribution in [0.4, 0.5) is 0 Å². The fraction of sp³-hybridized carbons (Fsp3) is 1.00. The quantitative estimate of drug-likeness (QED) is 0.848. The van der Waals surface area contributed by atoms with E-state index in [9.17, 15) is 0 Å². The van der Waals surface area contributed by atoms with Gasteiger partial charge in [0.15, 0.2) is 0 Å². The van der Waals surface area contributed by atoms with Gasteiger partial charge in [-0.05, 0) is 61.8 Å². The van der Waals surface area contributed by atoms with Gasteiger partial charge in [0.2, 0.25) is 0 Å². The van der Waals surface area contributed by atoms with Crippen LogP contribution in [0.1, 0.15) is 52.9 Å². The second kappa shape index (κ2) is 6.36. The molecule has 116 valence electrons. The summed E-state index contributed by atoms with van der Waals surface area (Å²) in [6.45, 7) is 12.5. The molecule has 1 N–H and O–H groups in total. The maximum absolute atomic E-state index is 3.79. The highest BCUT2D eigenvalue weighted by molar-refractivity contribution is 4.93. The van der Waals surface area contributed by atoms with Crippen LogP contribution >= 0.6 is 0 Å². The van der Waals surface area contributed by atoms with Crippen LogP contribution in [0.3, 0.4) is 0 Å². The van der Waals surface area contributed by atoms with Crippen molar-refractivity contribution in [3.05, 3.63) is 0 Å². The molecular formula is C18H34N2. The monoisotopic (exact) mass is 278 g/mol. The average molecular weight is 278 g/mol. The summed E-state index contributed by atoms with van der Waals surface area (Å²) in [5.74, 6) is 4.77. The molecule has 1 aliphatic heterocycles. The van der Waals surface area contributed by atoms with E-state index in [4.69, 9.17) is 0 Å². The molecule has 2 saturated carbocycles. The molecule has 0 radical (unpaired) electrons. The molecule has 0 aromatic rings. The summed E-state index contributed by atoms with van der Waals surface area (Å²) < 4.78 is 0. The fourth-order valence-electron chi connectivity index (χ4n) is 5.49. The number of hydrogen-bond acceptors (Lipinski definition) is 2. The maximum Gasteiger partial charge on any atom is 0.0112 e. The van der Waals surface area contributed by atoms with E-state index >= 15 is 0 Å². The molecule has 2 heteroatoms. The van der Waals surface area contributed by atoms with Crippen LogP contribution in [0.2, 0.25) is 0 Å². The lowest BCUT2D eigenvalue weighted by Crippen LogP contribution is -2.48. The summed E-state index contributed by atoms with van der Waals surface area (Å²) >= 11 is 0. The molecule has 1 saturated heterocycles. The molecule has 2 aliphatic carbocycles. The Morgan fingerprint density at radius 1 is 1.05 bits per heavy atom. The highest BCUT2D eigenvalue weighted by Crippen LogP contribution is 2.40. The van der Waals surface area contributed by atoms with Gasteiger partial charge < -0.3 is 10.2 Å². The summed E-state index contributed by atoms with van der Waals surface area (Å²) in [6.07, 6.45) is 7.35. The molecule has 0 aromatic carbocycles. The zero-order valence-electron chi connectivity index (χ0n) is 13.8. The zero-order chi connectivity index (χ0) is 14.1. The summed E-state index contributed by atoms with van der Waals surface area (Å²) in [5, 5.41) is 3.79. The van der Waals surface area contributed by atoms with Gasteiger partial charge in [-0.2, -0.15) is 0 Å². The van der Waals surface area contributed by atoms with Crippen LogP contribution < -0.4 is 5.32 Å². The topological polar surface area (TPSA) is 15.3 Å². The highest BCUT2D eigenvalue weighted by atomic mass is 15.2. The minimum atomic E-state index is 0.763. The Morgan fingerprint density at radius 2 is 1.75 bits per heavy atom. The number of fused-ring (bicyclic) bond motifs is 1. The van der Waals surface area contributed by atoms with Gasteiger partial charge in [-0.15, -0.1) is 0 Å². The first-order chi connectivity index (χ1) is 9.67. The van der Waals surface area contributed by atoms with Crippen molar-refractivity contribution in [1.29, 1.82) is 0 Å². The zero-order valence-corrected chi connectivity index (χ0v) is 13.8. The second-order valence-electron chi connectivity index (χ2n) is 8.05. The van der Waals surface area contributed by atoms with Crippen LogP contribution in [-0.4, -0.2) is 37.1 Å². The minimum absolute atomic E-state index is 0.763. The molecule has 0 aromatic heterocycles. The number of nitrogens with one attached hydrogen (secondary N) is 1. The summed E-state index contributed by atoms with van der Waals surface area (Å²) in [7, 11) is 0. The molecule has 1 heterocycles. The number of likely N-dealkylation sites (tertiary alicyclic amines) is 1. The van der Waals surface area contributed by atoms with Crippen LogP contribution in [0, 0.1) is 29.6 Å². The van der Waals surface area contributed by atoms with Crippen molar-refractivity contribution in [2.45, 2.75) is 58.9 Å². The highest BCUT2D eigenvalue weighted by Gasteiger charge is 2.40. The van der Waals surface area contributed by atoms with Crippen LogP contribution in [0.25, 0.3) is 0 Å². The molecule has 3 fully saturated rings. The average Bonchev–Trinajstić information content (AvgIpc) is 2.94. The molecule has 0 bridgehead atoms. The normalized spacial score (nSPS) is 45.8. The van der Waals surface area contributed by atoms with E-state index in [0.29, 0.717) is 0 Å². The Bertz CT molecular complexity index is 305. The largest absolute Gasteiger partial charge is 0.314 e. The standard InChI is InChI=1S/C18H34N2/c1-4-19-18-9-13(2)8-14(3)17(18)12-20-10-15-6-5-7-16(15)11-20/h13-19H,4-12H2,1-3H3. The van der Waals surface area contributed by atoms with Gasteiger partial charge in [0, 0.05) is 25.7 Å². The Kier molecular flexibility index (Phi) is 4.72. The molecule has 2 nitrogen and oxygen atoms in total. The van der Waals surface area contributed by atoms with Crippen molar-refractivity contribution < 1.29 is 0 Å². The van der Waals surface area contributed by atoms with Crippen molar-refractivity contribution in [2.24, 2.45) is 29.6 Å². The SMILES string of the molecule is CCNC1CC(C)CC(C)C1CN1CC2CCCC2C1. The molecule has 0 spiro atoms. The van der Waals surface area contributed by atoms with Crippen molar-refractivity contribution in [3.63, 3.8) is 0 Å². The lowest BCUT2D eigenvalue weighted by Gasteiger charge is -2.42. The first-order valence-corrected chi connectivity index (χ1v) is 9.13. The molecule has 3 aliphatic rings. The lowest BCUT2D eigenvalue weighted by atomic mass is 9.72. The summed E-state index contributed by atoms with van der Waals surface area (Å²) in [4.78, 5) is 2.82. The summed E-state index contributed by atoms with van der Waals surface area (Å²) in [6, 6.07) is 0.763. The van der Waals surface area contributed by atoms with Gasteiger partial charge in [0.1, 0.15) is 0 Å². The first kappa shape index (κ1) is 14.8. The lowest BCUT2D eigenvalue weighted by molar-refractivity contribution is 0.108. The maximum atomic E-state index is 3.79. The van der Waals surface area contributed by atoms with Gasteiger partial charge >= 0.3 is 0 Å². The molecule has 6 atom stereocenters. The Labute approximate surface area is 125 Å². The summed E-state index contributed by atoms with van der Waals surface area (Å²) in [5.41, 5.74) is 0. The third-order valence-corrected chi connectivity index (χ3v) is 6.42. The molecule has 20 heavy (non-hydrogen) atoms. The number of rotatable bonds is 4. The third-order valence-electron chi connectivity index (χ3n) is 6.42. The van der Waals surface area contributed by atoms with Crippen LogP contribution in [-0.2, 0) is 0 Å². The van der Waals surface area contributed by atoms with E-state index in [-0.39, 0.29) is 0 Å². The van der Waals surface area contributed by atoms with Crippen LogP contribution in [0.15, 0.2) is 0 Å². The van der Waals surface area contributed by atoms with E-state index in [2.05, 4.69) is 31.0 Å². The molecule has 3 rings (SSSR count). The number of hydrogen-bond donors (Lipinski definition) is 1. The van der Waals surface area contributed by atoms with Gasteiger partial charge in [-0.3, -0.25) is 0 Å². The Hall–Kier alpha value is -0.0800. The van der Waals surface area contributed by atoms with E-state index < -0.39 is 0 Å². The number of nitrogens with zero attached hydrogens (tertiary/aromatic N) is 1. The van der Waals surface area contributed by atoms with Crippen molar-refractivity contribution in [3.8, 4) is 0 Å². The Balaban J connectivity index is 1.59. The van der Waals surface area contributed by atoms with Gasteiger partial charge in [-0.1, -0.05) is 27.2 Å². The van der Waals surface area contributed by atoms with Crippen molar-refractivity contribution in [2.75, 3.05) is 26.2 Å². The second-order valence-corrected chi connectivity index (χ2v) is 8.05. The van der Waals surface area contributed by atoms with E-state index in [0.717, 1.165) is 42.2 Å². The fourth-order valence-corrected chi connectivity index (χ4v) is 5.49. The van der Waals surface area contributed by atoms with Gasteiger partial charge in [0.05, 0.1) is 0 Å². The van der Waals surface area contributed by atoms with Crippen LogP contribution in [0.5, 0.6) is 0 Å². The van der Waals surface area contributed by atoms with Crippen molar-refractivity contribution in [1.82, 2.24) is 10.2 Å². The van der Waals surface area contributed by atoms with E-state index in [1.54, 1.807) is 0 Å². The molecule has 0 amide bonds. The third kappa shape index (κ3) is 3.06.